The van der Waals surface area contributed by atoms with Crippen molar-refractivity contribution in [1.29, 1.82) is 0 Å². The monoisotopic (exact) mass is 332 g/mol. The van der Waals surface area contributed by atoms with E-state index in [0.29, 0.717) is 17.7 Å². The van der Waals surface area contributed by atoms with Gasteiger partial charge in [-0.1, -0.05) is 12.6 Å². The minimum Gasteiger partial charge on any atom is -0.386 e. The van der Waals surface area contributed by atoms with E-state index in [1.165, 1.54) is 6.07 Å². The second-order valence-electron chi connectivity index (χ2n) is 4.66. The minimum atomic E-state index is -4.46. The van der Waals surface area contributed by atoms with E-state index in [1.807, 2.05) is 0 Å². The van der Waals surface area contributed by atoms with Crippen molar-refractivity contribution in [2.75, 3.05) is 12.4 Å². The molecule has 2 rings (SSSR count). The van der Waals surface area contributed by atoms with Crippen LogP contribution in [0.15, 0.2) is 31.1 Å². The Kier molecular flexibility index (Phi) is 5.59. The summed E-state index contributed by atoms with van der Waals surface area (Å²) >= 11 is 0. The van der Waals surface area contributed by atoms with Gasteiger partial charge in [-0.2, -0.15) is 18.3 Å². The molecule has 0 aliphatic carbocycles. The van der Waals surface area contributed by atoms with Gasteiger partial charge < -0.3 is 5.32 Å². The van der Waals surface area contributed by atoms with Gasteiger partial charge in [-0.25, -0.2) is 4.98 Å². The van der Waals surface area contributed by atoms with Crippen LogP contribution in [0.2, 0.25) is 0 Å². The van der Waals surface area contributed by atoms with Crippen molar-refractivity contribution in [2.45, 2.75) is 19.6 Å². The molecule has 8 heteroatoms. The number of aromatic nitrogens is 3. The molecule has 0 aliphatic heterocycles. The Morgan fingerprint density at radius 2 is 2.05 bits per heavy atom. The summed E-state index contributed by atoms with van der Waals surface area (Å²) in [6, 6.07) is 2.39. The van der Waals surface area contributed by atoms with Crippen molar-refractivity contribution >= 4 is 23.7 Å². The molecule has 2 aromatic heterocycles. The second-order valence-corrected chi connectivity index (χ2v) is 4.66. The maximum atomic E-state index is 12.7. The molecular formula is C14H16ClF3N4. The fourth-order valence-corrected chi connectivity index (χ4v) is 1.90. The third kappa shape index (κ3) is 4.00. The smallest absolute Gasteiger partial charge is 0.386 e. The summed E-state index contributed by atoms with van der Waals surface area (Å²) in [6.07, 6.45) is -1.06. The lowest BCUT2D eigenvalue weighted by molar-refractivity contribution is -0.141. The van der Waals surface area contributed by atoms with Gasteiger partial charge >= 0.3 is 6.18 Å². The van der Waals surface area contributed by atoms with Crippen molar-refractivity contribution in [2.24, 2.45) is 0 Å². The Labute approximate surface area is 132 Å². The molecule has 0 saturated heterocycles. The van der Waals surface area contributed by atoms with Crippen molar-refractivity contribution in [3.05, 3.63) is 48.1 Å². The van der Waals surface area contributed by atoms with Crippen LogP contribution in [0.25, 0.3) is 5.57 Å². The highest BCUT2D eigenvalue weighted by atomic mass is 35.5. The van der Waals surface area contributed by atoms with Gasteiger partial charge in [-0.15, -0.1) is 12.4 Å². The number of rotatable bonds is 4. The highest BCUT2D eigenvalue weighted by molar-refractivity contribution is 5.85. The molecule has 0 aromatic carbocycles. The first-order valence-corrected chi connectivity index (χ1v) is 6.24. The van der Waals surface area contributed by atoms with Crippen molar-refractivity contribution < 1.29 is 13.2 Å². The first-order chi connectivity index (χ1) is 9.81. The van der Waals surface area contributed by atoms with Crippen LogP contribution in [-0.4, -0.2) is 21.8 Å². The Morgan fingerprint density at radius 1 is 1.36 bits per heavy atom. The van der Waals surface area contributed by atoms with Gasteiger partial charge in [0.2, 0.25) is 0 Å². The molecule has 2 heterocycles. The molecule has 0 aliphatic rings. The first-order valence-electron chi connectivity index (χ1n) is 6.24. The Bertz CT molecular complexity index is 664. The lowest BCUT2D eigenvalue weighted by Gasteiger charge is -2.12. The zero-order valence-corrected chi connectivity index (χ0v) is 12.9. The molecule has 0 amide bonds. The van der Waals surface area contributed by atoms with Crippen molar-refractivity contribution in [3.63, 3.8) is 0 Å². The molecule has 22 heavy (non-hydrogen) atoms. The first kappa shape index (κ1) is 18.0. The van der Waals surface area contributed by atoms with E-state index in [2.05, 4.69) is 22.0 Å². The number of hydrogen-bond acceptors (Lipinski definition) is 3. The van der Waals surface area contributed by atoms with Crippen LogP contribution < -0.4 is 5.32 Å². The molecule has 0 atom stereocenters. The summed E-state index contributed by atoms with van der Waals surface area (Å²) in [5.41, 5.74) is 1.29. The van der Waals surface area contributed by atoms with E-state index in [-0.39, 0.29) is 18.1 Å². The summed E-state index contributed by atoms with van der Waals surface area (Å²) in [5, 5.41) is 7.06. The van der Waals surface area contributed by atoms with E-state index < -0.39 is 11.9 Å². The Morgan fingerprint density at radius 3 is 2.55 bits per heavy atom. The third-order valence-corrected chi connectivity index (χ3v) is 2.93. The number of pyridine rings is 1. The van der Waals surface area contributed by atoms with E-state index in [1.54, 1.807) is 31.0 Å². The normalized spacial score (nSPS) is 11.0. The number of allylic oxidation sites excluding steroid dienone is 1. The molecule has 0 radical (unpaired) electrons. The molecule has 2 aromatic rings. The van der Waals surface area contributed by atoms with Crippen LogP contribution in [0, 0.1) is 0 Å². The van der Waals surface area contributed by atoms with E-state index in [4.69, 9.17) is 0 Å². The van der Waals surface area contributed by atoms with E-state index >= 15 is 0 Å². The quantitative estimate of drug-likeness (QED) is 0.925. The molecule has 4 nitrogen and oxygen atoms in total. The van der Waals surface area contributed by atoms with Crippen LogP contribution in [0.3, 0.4) is 0 Å². The zero-order valence-electron chi connectivity index (χ0n) is 12.1. The average molecular weight is 333 g/mol. The van der Waals surface area contributed by atoms with Gasteiger partial charge in [0.15, 0.2) is 0 Å². The van der Waals surface area contributed by atoms with Crippen LogP contribution >= 0.6 is 12.4 Å². The van der Waals surface area contributed by atoms with Crippen LogP contribution in [0.5, 0.6) is 0 Å². The molecule has 0 unspecified atom stereocenters. The second kappa shape index (κ2) is 6.83. The van der Waals surface area contributed by atoms with Gasteiger partial charge in [0.05, 0.1) is 24.1 Å². The number of nitrogens with zero attached hydrogens (tertiary/aromatic N) is 3. The summed E-state index contributed by atoms with van der Waals surface area (Å²) in [5.74, 6) is 0. The summed E-state index contributed by atoms with van der Waals surface area (Å²) in [4.78, 5) is 3.69. The van der Waals surface area contributed by atoms with Gasteiger partial charge in [-0.05, 0) is 24.1 Å². The highest BCUT2D eigenvalue weighted by Crippen LogP contribution is 2.29. The van der Waals surface area contributed by atoms with Gasteiger partial charge in [0.25, 0.3) is 0 Å². The number of halogens is 4. The zero-order chi connectivity index (χ0) is 15.6. The number of anilines is 1. The van der Waals surface area contributed by atoms with Crippen molar-refractivity contribution in [1.82, 2.24) is 14.8 Å². The minimum absolute atomic E-state index is 0. The number of hydrogen-bond donors (Lipinski definition) is 1. The molecule has 0 saturated carbocycles. The largest absolute Gasteiger partial charge is 0.433 e. The van der Waals surface area contributed by atoms with Crippen LogP contribution in [-0.2, 0) is 12.7 Å². The summed E-state index contributed by atoms with van der Waals surface area (Å²) in [6.45, 7) is 5.66. The SMILES string of the molecule is C=C(C)c1nc(C(F)(F)F)ccc1Cn1cc(NC)cn1.Cl. The highest BCUT2D eigenvalue weighted by Gasteiger charge is 2.33. The van der Waals surface area contributed by atoms with Gasteiger partial charge in [0.1, 0.15) is 5.69 Å². The fourth-order valence-electron chi connectivity index (χ4n) is 1.90. The fraction of sp³-hybridized carbons (Fsp3) is 0.286. The number of alkyl halides is 3. The van der Waals surface area contributed by atoms with E-state index in [0.717, 1.165) is 11.8 Å². The van der Waals surface area contributed by atoms with Crippen molar-refractivity contribution in [3.8, 4) is 0 Å². The Hall–Kier alpha value is -2.02. The molecule has 0 spiro atoms. The summed E-state index contributed by atoms with van der Waals surface area (Å²) in [7, 11) is 1.76. The molecule has 0 bridgehead atoms. The lowest BCUT2D eigenvalue weighted by atomic mass is 10.1. The number of nitrogens with one attached hydrogen (secondary N) is 1. The predicted octanol–water partition coefficient (Wildman–Crippen LogP) is 3.84. The topological polar surface area (TPSA) is 42.7 Å². The standard InChI is InChI=1S/C14H15F3N4.ClH/c1-9(2)13-10(4-5-12(20-13)14(15,16)17)7-21-8-11(18-3)6-19-21;/h4-6,8,18H,1,7H2,2-3H3;1H. The predicted molar refractivity (Wildman–Crippen MR) is 82.1 cm³/mol. The van der Waals surface area contributed by atoms with Gasteiger partial charge in [-0.3, -0.25) is 4.68 Å². The van der Waals surface area contributed by atoms with Crippen LogP contribution in [0.4, 0.5) is 18.9 Å². The van der Waals surface area contributed by atoms with Crippen LogP contribution in [0.1, 0.15) is 23.9 Å². The molecule has 120 valence electrons. The molecular weight excluding hydrogens is 317 g/mol. The average Bonchev–Trinajstić information content (AvgIpc) is 2.85. The van der Waals surface area contributed by atoms with Gasteiger partial charge in [0, 0.05) is 13.2 Å². The molecule has 1 N–H and O–H groups in total. The maximum Gasteiger partial charge on any atom is 0.433 e. The Balaban J connectivity index is 0.00000242. The lowest BCUT2D eigenvalue weighted by Crippen LogP contribution is -2.12. The third-order valence-electron chi connectivity index (χ3n) is 2.93. The maximum absolute atomic E-state index is 12.7. The molecule has 0 fully saturated rings. The summed E-state index contributed by atoms with van der Waals surface area (Å²) < 4.78 is 39.8. The van der Waals surface area contributed by atoms with E-state index in [9.17, 15) is 13.2 Å².